The average molecular weight is 285 g/mol. The first-order valence-electron chi connectivity index (χ1n) is 5.34. The molecule has 0 unspecified atom stereocenters. The lowest BCUT2D eigenvalue weighted by Crippen LogP contribution is -2.16. The van der Waals surface area contributed by atoms with Gasteiger partial charge in [-0.05, 0) is 12.1 Å². The van der Waals surface area contributed by atoms with Gasteiger partial charge in [-0.3, -0.25) is 14.2 Å². The van der Waals surface area contributed by atoms with Crippen LogP contribution in [0.1, 0.15) is 6.42 Å². The largest absolute Gasteiger partial charge is 0.481 e. The molecule has 0 radical (unpaired) electrons. The fourth-order valence-electron chi connectivity index (χ4n) is 1.66. The highest BCUT2D eigenvalue weighted by atomic mass is 32.1. The maximum Gasteiger partial charge on any atom is 0.307 e. The van der Waals surface area contributed by atoms with Crippen LogP contribution in [0.2, 0.25) is 0 Å². The monoisotopic (exact) mass is 285 g/mol. The molecule has 0 aliphatic heterocycles. The SMILES string of the molecule is O=C(O)CCn1c(-c2ccc(F)cc2F)csc1=O. The summed E-state index contributed by atoms with van der Waals surface area (Å²) < 4.78 is 27.7. The summed E-state index contributed by atoms with van der Waals surface area (Å²) in [7, 11) is 0. The van der Waals surface area contributed by atoms with Gasteiger partial charge in [0.15, 0.2) is 0 Å². The molecule has 1 heterocycles. The third-order valence-corrected chi connectivity index (χ3v) is 3.30. The molecule has 0 spiro atoms. The molecule has 0 saturated carbocycles. The zero-order chi connectivity index (χ0) is 14.0. The molecular formula is C12H9F2NO3S. The Labute approximate surface area is 110 Å². The van der Waals surface area contributed by atoms with Gasteiger partial charge in [0.05, 0.1) is 12.1 Å². The number of benzene rings is 1. The number of hydrogen-bond acceptors (Lipinski definition) is 3. The summed E-state index contributed by atoms with van der Waals surface area (Å²) in [5.74, 6) is -2.55. The van der Waals surface area contributed by atoms with Crippen molar-refractivity contribution in [3.8, 4) is 11.3 Å². The molecule has 0 bridgehead atoms. The van der Waals surface area contributed by atoms with Crippen LogP contribution >= 0.6 is 11.3 Å². The molecular weight excluding hydrogens is 276 g/mol. The van der Waals surface area contributed by atoms with Crippen LogP contribution in [0.3, 0.4) is 0 Å². The Balaban J connectivity index is 2.45. The van der Waals surface area contributed by atoms with Crippen LogP contribution in [-0.2, 0) is 11.3 Å². The van der Waals surface area contributed by atoms with Crippen LogP contribution in [0.25, 0.3) is 11.3 Å². The van der Waals surface area contributed by atoms with Crippen LogP contribution in [0.5, 0.6) is 0 Å². The first-order valence-corrected chi connectivity index (χ1v) is 6.22. The van der Waals surface area contributed by atoms with Gasteiger partial charge in [-0.2, -0.15) is 0 Å². The maximum atomic E-state index is 13.7. The highest BCUT2D eigenvalue weighted by Gasteiger charge is 2.14. The second-order valence-corrected chi connectivity index (χ2v) is 4.63. The predicted molar refractivity (Wildman–Crippen MR) is 66.2 cm³/mol. The minimum atomic E-state index is -1.05. The minimum Gasteiger partial charge on any atom is -0.481 e. The van der Waals surface area contributed by atoms with E-state index in [4.69, 9.17) is 5.11 Å². The second kappa shape index (κ2) is 5.31. The van der Waals surface area contributed by atoms with Crippen molar-refractivity contribution < 1.29 is 18.7 Å². The van der Waals surface area contributed by atoms with E-state index in [1.54, 1.807) is 0 Å². The smallest absolute Gasteiger partial charge is 0.307 e. The van der Waals surface area contributed by atoms with Crippen molar-refractivity contribution >= 4 is 17.3 Å². The number of aromatic nitrogens is 1. The Bertz CT molecular complexity index is 678. The number of carboxylic acids is 1. The average Bonchev–Trinajstić information content (AvgIpc) is 2.68. The molecule has 100 valence electrons. The molecule has 0 saturated heterocycles. The first-order chi connectivity index (χ1) is 8.99. The molecule has 1 aromatic heterocycles. The minimum absolute atomic E-state index is 0.0518. The van der Waals surface area contributed by atoms with Gasteiger partial charge in [-0.1, -0.05) is 11.3 Å². The van der Waals surface area contributed by atoms with E-state index >= 15 is 0 Å². The van der Waals surface area contributed by atoms with E-state index in [-0.39, 0.29) is 29.1 Å². The number of rotatable bonds is 4. The quantitative estimate of drug-likeness (QED) is 0.938. The fraction of sp³-hybridized carbons (Fsp3) is 0.167. The van der Waals surface area contributed by atoms with Gasteiger partial charge < -0.3 is 5.11 Å². The van der Waals surface area contributed by atoms with Gasteiger partial charge in [-0.15, -0.1) is 0 Å². The van der Waals surface area contributed by atoms with Gasteiger partial charge in [0.1, 0.15) is 11.6 Å². The highest BCUT2D eigenvalue weighted by Crippen LogP contribution is 2.24. The van der Waals surface area contributed by atoms with Gasteiger partial charge in [0.25, 0.3) is 0 Å². The summed E-state index contributed by atoms with van der Waals surface area (Å²) in [5.41, 5.74) is 0.332. The number of halogens is 2. The molecule has 1 N–H and O–H groups in total. The standard InChI is InChI=1S/C12H9F2NO3S/c13-7-1-2-8(9(14)5-7)10-6-19-12(18)15(10)4-3-11(16)17/h1-2,5-6H,3-4H2,(H,16,17). The van der Waals surface area contributed by atoms with Gasteiger partial charge in [0, 0.05) is 23.6 Å². The lowest BCUT2D eigenvalue weighted by molar-refractivity contribution is -0.137. The second-order valence-electron chi connectivity index (χ2n) is 3.81. The van der Waals surface area contributed by atoms with E-state index in [0.717, 1.165) is 23.5 Å². The highest BCUT2D eigenvalue weighted by molar-refractivity contribution is 7.07. The Hall–Kier alpha value is -2.02. The van der Waals surface area contributed by atoms with Crippen molar-refractivity contribution in [2.75, 3.05) is 0 Å². The molecule has 4 nitrogen and oxygen atoms in total. The van der Waals surface area contributed by atoms with Crippen LogP contribution < -0.4 is 4.87 Å². The summed E-state index contributed by atoms with van der Waals surface area (Å²) in [5, 5.41) is 10.1. The van der Waals surface area contributed by atoms with E-state index in [1.807, 2.05) is 0 Å². The van der Waals surface area contributed by atoms with Crippen molar-refractivity contribution in [2.24, 2.45) is 0 Å². The van der Waals surface area contributed by atoms with Gasteiger partial charge in [0.2, 0.25) is 0 Å². The number of hydrogen-bond donors (Lipinski definition) is 1. The lowest BCUT2D eigenvalue weighted by atomic mass is 10.1. The van der Waals surface area contributed by atoms with Crippen molar-refractivity contribution in [3.63, 3.8) is 0 Å². The zero-order valence-electron chi connectivity index (χ0n) is 9.60. The van der Waals surface area contributed by atoms with E-state index in [0.29, 0.717) is 0 Å². The molecule has 0 aliphatic rings. The van der Waals surface area contributed by atoms with Crippen molar-refractivity contribution in [3.05, 3.63) is 44.9 Å². The van der Waals surface area contributed by atoms with Crippen LogP contribution in [-0.4, -0.2) is 15.6 Å². The van der Waals surface area contributed by atoms with E-state index in [2.05, 4.69) is 0 Å². The molecule has 1 aromatic carbocycles. The van der Waals surface area contributed by atoms with Crippen LogP contribution in [0.4, 0.5) is 8.78 Å². The van der Waals surface area contributed by atoms with Crippen LogP contribution in [0.15, 0.2) is 28.4 Å². The lowest BCUT2D eigenvalue weighted by Gasteiger charge is -2.07. The maximum absolute atomic E-state index is 13.7. The zero-order valence-corrected chi connectivity index (χ0v) is 10.4. The van der Waals surface area contributed by atoms with E-state index in [1.165, 1.54) is 16.0 Å². The summed E-state index contributed by atoms with van der Waals surface area (Å²) in [6.07, 6.45) is -0.244. The summed E-state index contributed by atoms with van der Waals surface area (Å²) >= 11 is 0.844. The van der Waals surface area contributed by atoms with Gasteiger partial charge >= 0.3 is 10.8 Å². The van der Waals surface area contributed by atoms with Crippen LogP contribution in [0, 0.1) is 11.6 Å². The Morgan fingerprint density at radius 1 is 1.37 bits per heavy atom. The number of nitrogens with zero attached hydrogens (tertiary/aromatic N) is 1. The number of thiazole rings is 1. The third kappa shape index (κ3) is 2.87. The summed E-state index contributed by atoms with van der Waals surface area (Å²) in [4.78, 5) is 21.8. The number of carbonyl (C=O) groups is 1. The Morgan fingerprint density at radius 2 is 2.11 bits per heavy atom. The first kappa shape index (κ1) is 13.4. The Morgan fingerprint density at radius 3 is 2.74 bits per heavy atom. The molecule has 0 fully saturated rings. The van der Waals surface area contributed by atoms with Crippen molar-refractivity contribution in [2.45, 2.75) is 13.0 Å². The molecule has 2 rings (SSSR count). The molecule has 19 heavy (non-hydrogen) atoms. The molecule has 2 aromatic rings. The van der Waals surface area contributed by atoms with Crippen molar-refractivity contribution in [1.29, 1.82) is 0 Å². The molecule has 0 atom stereocenters. The normalized spacial score (nSPS) is 10.6. The topological polar surface area (TPSA) is 59.3 Å². The fourth-order valence-corrected chi connectivity index (χ4v) is 2.44. The summed E-state index contributed by atoms with van der Waals surface area (Å²) in [6, 6.07) is 3.03. The van der Waals surface area contributed by atoms with E-state index in [9.17, 15) is 18.4 Å². The van der Waals surface area contributed by atoms with Crippen molar-refractivity contribution in [1.82, 2.24) is 4.57 Å². The number of carboxylic acid groups (broad SMARTS) is 1. The third-order valence-electron chi connectivity index (χ3n) is 2.54. The van der Waals surface area contributed by atoms with Gasteiger partial charge in [-0.25, -0.2) is 8.78 Å². The molecule has 7 heteroatoms. The number of aliphatic carboxylic acids is 1. The Kier molecular flexibility index (Phi) is 3.75. The summed E-state index contributed by atoms with van der Waals surface area (Å²) in [6.45, 7) is -0.0518. The molecule has 0 aliphatic carbocycles. The molecule has 0 amide bonds. The van der Waals surface area contributed by atoms with E-state index < -0.39 is 17.6 Å². The predicted octanol–water partition coefficient (Wildman–Crippen LogP) is 2.33.